The van der Waals surface area contributed by atoms with E-state index in [4.69, 9.17) is 24.4 Å². The first-order chi connectivity index (χ1) is 30.9. The SMILES string of the molecule is C=C(C)C(=O)OCC(O)CN(CC(=O)O)c1ccc(C)cc1.C=C(C)C(=O)OCC(O)CN(CC(=O)O)c1ccc(C)cc1.C=C(C)C(=O)OCC(O)CN(CC(=O)[O-])c1ccc(C)cc1.[Mg+2].[Na+]. The summed E-state index contributed by atoms with van der Waals surface area (Å²) in [5, 5.41) is 58.6. The number of ether oxygens (including phenoxy) is 3. The zero-order chi connectivity index (χ0) is 50.1. The molecule has 3 atom stereocenters. The molecule has 18 nitrogen and oxygen atoms in total. The Labute approximate surface area is 435 Å². The van der Waals surface area contributed by atoms with Crippen LogP contribution in [0.2, 0.25) is 0 Å². The van der Waals surface area contributed by atoms with Gasteiger partial charge >= 0.3 is 82.5 Å². The van der Waals surface area contributed by atoms with Gasteiger partial charge in [0.15, 0.2) is 0 Å². The monoisotopic (exact) mass is 967 g/mol. The van der Waals surface area contributed by atoms with E-state index in [9.17, 15) is 49.2 Å². The number of hydrogen-bond donors (Lipinski definition) is 5. The molecule has 5 N–H and O–H groups in total. The number of benzene rings is 3. The number of hydrogen-bond acceptors (Lipinski definition) is 16. The van der Waals surface area contributed by atoms with Gasteiger partial charge in [0, 0.05) is 53.4 Å². The van der Waals surface area contributed by atoms with E-state index in [1.54, 1.807) is 36.4 Å². The second-order valence-electron chi connectivity index (χ2n) is 15.4. The third-order valence-electron chi connectivity index (χ3n) is 8.73. The quantitative estimate of drug-likeness (QED) is 0.0324. The fraction of sp³-hybridized carbons (Fsp3) is 0.375. The van der Waals surface area contributed by atoms with E-state index < -0.39 is 54.1 Å². The first-order valence-electron chi connectivity index (χ1n) is 20.5. The van der Waals surface area contributed by atoms with Gasteiger partial charge in [-0.25, -0.2) is 14.4 Å². The topological polar surface area (TPSA) is 264 Å². The van der Waals surface area contributed by atoms with E-state index in [2.05, 4.69) is 19.7 Å². The van der Waals surface area contributed by atoms with E-state index in [-0.39, 0.29) is 128 Å². The third-order valence-corrected chi connectivity index (χ3v) is 8.73. The predicted octanol–water partition coefficient (Wildman–Crippen LogP) is -0.613. The summed E-state index contributed by atoms with van der Waals surface area (Å²) in [6.07, 6.45) is -3.02. The Morgan fingerprint density at radius 2 is 0.721 bits per heavy atom. The van der Waals surface area contributed by atoms with Gasteiger partial charge in [0.05, 0.1) is 12.5 Å². The van der Waals surface area contributed by atoms with Crippen molar-refractivity contribution in [3.05, 3.63) is 126 Å². The Morgan fingerprint density at radius 1 is 0.500 bits per heavy atom. The van der Waals surface area contributed by atoms with Crippen molar-refractivity contribution in [2.75, 3.05) is 73.8 Å². The number of aliphatic carboxylic acids is 3. The van der Waals surface area contributed by atoms with Crippen molar-refractivity contribution >= 4 is 75.9 Å². The molecule has 360 valence electrons. The van der Waals surface area contributed by atoms with E-state index >= 15 is 0 Å². The number of aryl methyl sites for hydroxylation is 3. The number of carboxylic acids is 3. The number of aliphatic hydroxyl groups is 3. The van der Waals surface area contributed by atoms with Crippen LogP contribution in [0.5, 0.6) is 0 Å². The summed E-state index contributed by atoms with van der Waals surface area (Å²) < 4.78 is 14.6. The van der Waals surface area contributed by atoms with Gasteiger partial charge in [0.2, 0.25) is 0 Å². The number of aliphatic hydroxyl groups excluding tert-OH is 3. The van der Waals surface area contributed by atoms with E-state index in [0.717, 1.165) is 16.7 Å². The molecule has 3 rings (SSSR count). The van der Waals surface area contributed by atoms with Crippen LogP contribution in [0.4, 0.5) is 17.1 Å². The number of anilines is 3. The zero-order valence-corrected chi connectivity index (χ0v) is 43.4. The minimum Gasteiger partial charge on any atom is -0.548 e. The van der Waals surface area contributed by atoms with E-state index in [1.807, 2.05) is 57.2 Å². The first-order valence-corrected chi connectivity index (χ1v) is 20.5. The van der Waals surface area contributed by atoms with E-state index in [1.165, 1.54) is 35.5 Å². The Bertz CT molecular complexity index is 1870. The standard InChI is InChI=1S/3C16H21NO5.Mg.Na/c3*1-11(2)16(21)22-10-14(18)8-17(9-15(19)20)13-6-4-12(3)5-7-13;;/h3*4-7,14,18H,1,8-10H2,2-3H3,(H,19,20);;/q;;;+2;+1/p-1. The van der Waals surface area contributed by atoms with Gasteiger partial charge < -0.3 is 64.3 Å². The van der Waals surface area contributed by atoms with Crippen LogP contribution in [0, 0.1) is 20.8 Å². The van der Waals surface area contributed by atoms with Crippen LogP contribution in [-0.2, 0) is 43.0 Å². The molecule has 0 heterocycles. The number of carbonyl (C=O) groups excluding carboxylic acids is 4. The summed E-state index contributed by atoms with van der Waals surface area (Å²) in [7, 11) is 0. The van der Waals surface area contributed by atoms with Crippen molar-refractivity contribution in [1.82, 2.24) is 0 Å². The molecule has 0 aliphatic carbocycles. The average molecular weight is 968 g/mol. The summed E-state index contributed by atoms with van der Waals surface area (Å²) >= 11 is 0. The Hall–Kier alpha value is -5.25. The molecule has 3 aromatic rings. The summed E-state index contributed by atoms with van der Waals surface area (Å²) in [5.74, 6) is -5.04. The van der Waals surface area contributed by atoms with Gasteiger partial charge in [0.25, 0.3) is 0 Å². The number of nitrogens with zero attached hydrogens (tertiary/aromatic N) is 3. The maximum Gasteiger partial charge on any atom is 2.00 e. The molecule has 0 radical (unpaired) electrons. The molecular weight excluding hydrogens is 906 g/mol. The van der Waals surface area contributed by atoms with Crippen LogP contribution in [0.25, 0.3) is 0 Å². The number of esters is 3. The normalized spacial score (nSPS) is 11.2. The second kappa shape index (κ2) is 34.1. The molecular formula is C48H62MgN3NaO15+2. The molecule has 0 saturated carbocycles. The maximum atomic E-state index is 11.3. The van der Waals surface area contributed by atoms with Gasteiger partial charge in [-0.1, -0.05) is 72.8 Å². The molecule has 0 aromatic heterocycles. The molecule has 0 saturated heterocycles. The van der Waals surface area contributed by atoms with Gasteiger partial charge in [-0.3, -0.25) is 9.59 Å². The Kier molecular flexibility index (Phi) is 32.5. The van der Waals surface area contributed by atoms with Crippen molar-refractivity contribution in [3.63, 3.8) is 0 Å². The molecule has 0 bridgehead atoms. The smallest absolute Gasteiger partial charge is 0.548 e. The predicted molar refractivity (Wildman–Crippen MR) is 252 cm³/mol. The average Bonchev–Trinajstić information content (AvgIpc) is 3.23. The maximum absolute atomic E-state index is 11.3. The van der Waals surface area contributed by atoms with Crippen LogP contribution in [0.3, 0.4) is 0 Å². The Morgan fingerprint density at radius 3 is 0.912 bits per heavy atom. The largest absolute Gasteiger partial charge is 2.00 e. The molecule has 0 aliphatic heterocycles. The Balaban J connectivity index is 0. The number of carbonyl (C=O) groups is 6. The molecule has 68 heavy (non-hydrogen) atoms. The summed E-state index contributed by atoms with van der Waals surface area (Å²) in [4.78, 5) is 71.1. The van der Waals surface area contributed by atoms with Gasteiger partial charge in [-0.05, 0) is 77.9 Å². The number of carboxylic acid groups (broad SMARTS) is 3. The van der Waals surface area contributed by atoms with Crippen molar-refractivity contribution < 1.29 is 103 Å². The van der Waals surface area contributed by atoms with Gasteiger partial charge in [-0.2, -0.15) is 0 Å². The van der Waals surface area contributed by atoms with E-state index in [0.29, 0.717) is 17.1 Å². The summed E-state index contributed by atoms with van der Waals surface area (Å²) in [6.45, 7) is 19.2. The molecule has 0 spiro atoms. The minimum atomic E-state index is -1.26. The molecule has 0 fully saturated rings. The molecule has 0 amide bonds. The van der Waals surface area contributed by atoms with Crippen molar-refractivity contribution in [2.24, 2.45) is 0 Å². The fourth-order valence-electron chi connectivity index (χ4n) is 5.34. The van der Waals surface area contributed by atoms with Crippen LogP contribution in [0.15, 0.2) is 109 Å². The second-order valence-corrected chi connectivity index (χ2v) is 15.4. The molecule has 3 aromatic carbocycles. The first kappa shape index (κ1) is 64.8. The molecule has 20 heteroatoms. The van der Waals surface area contributed by atoms with Crippen LogP contribution in [-0.4, -0.2) is 162 Å². The zero-order valence-electron chi connectivity index (χ0n) is 40.0. The minimum absolute atomic E-state index is 0. The summed E-state index contributed by atoms with van der Waals surface area (Å²) in [5.41, 5.74) is 5.85. The van der Waals surface area contributed by atoms with Crippen LogP contribution in [0.1, 0.15) is 37.5 Å². The van der Waals surface area contributed by atoms with Gasteiger partial charge in [-0.15, -0.1) is 0 Å². The summed E-state index contributed by atoms with van der Waals surface area (Å²) in [6, 6.07) is 21.8. The molecule has 0 aliphatic rings. The number of rotatable bonds is 24. The van der Waals surface area contributed by atoms with Crippen molar-refractivity contribution in [3.8, 4) is 0 Å². The van der Waals surface area contributed by atoms with Gasteiger partial charge in [0.1, 0.15) is 51.2 Å². The van der Waals surface area contributed by atoms with Crippen molar-refractivity contribution in [1.29, 1.82) is 0 Å². The van der Waals surface area contributed by atoms with Crippen molar-refractivity contribution in [2.45, 2.75) is 59.9 Å². The molecule has 3 unspecified atom stereocenters. The van der Waals surface area contributed by atoms with Crippen LogP contribution >= 0.6 is 0 Å². The van der Waals surface area contributed by atoms with Crippen LogP contribution < -0.4 is 49.4 Å². The fourth-order valence-corrected chi connectivity index (χ4v) is 5.34. The third kappa shape index (κ3) is 28.2.